The van der Waals surface area contributed by atoms with Crippen molar-refractivity contribution in [1.82, 2.24) is 19.9 Å². The summed E-state index contributed by atoms with van der Waals surface area (Å²) < 4.78 is 6.14. The van der Waals surface area contributed by atoms with Crippen LogP contribution < -0.4 is 5.32 Å². The number of nitrogens with zero attached hydrogens (tertiary/aromatic N) is 4. The Kier molecular flexibility index (Phi) is 6.06. The molecule has 1 N–H and O–H groups in total. The molecule has 5 rings (SSSR count). The van der Waals surface area contributed by atoms with Gasteiger partial charge in [-0.1, -0.05) is 48.4 Å². The maximum atomic E-state index is 6.14. The summed E-state index contributed by atoms with van der Waals surface area (Å²) in [7, 11) is 0. The molecule has 0 saturated carbocycles. The Hall–Kier alpha value is -2.96. The summed E-state index contributed by atoms with van der Waals surface area (Å²) in [5.74, 6) is 1.80. The van der Waals surface area contributed by atoms with Gasteiger partial charge in [-0.3, -0.25) is 4.90 Å². The van der Waals surface area contributed by atoms with E-state index in [2.05, 4.69) is 22.1 Å². The van der Waals surface area contributed by atoms with Crippen LogP contribution in [-0.2, 0) is 0 Å². The van der Waals surface area contributed by atoms with Crippen molar-refractivity contribution in [2.24, 2.45) is 0 Å². The van der Waals surface area contributed by atoms with Gasteiger partial charge in [0.15, 0.2) is 11.6 Å². The van der Waals surface area contributed by atoms with Gasteiger partial charge in [-0.15, -0.1) is 0 Å². The van der Waals surface area contributed by atoms with Crippen LogP contribution in [0.15, 0.2) is 59.0 Å². The second-order valence-electron chi connectivity index (χ2n) is 8.27. The molecule has 1 saturated heterocycles. The number of fused-ring (bicyclic) bond motifs is 1. The maximum Gasteiger partial charge on any atom is 0.229 e. The highest BCUT2D eigenvalue weighted by atomic mass is 35.5. The normalized spacial score (nSPS) is 15.7. The van der Waals surface area contributed by atoms with Gasteiger partial charge in [-0.25, -0.2) is 9.97 Å². The number of piperidine rings is 1. The van der Waals surface area contributed by atoms with Crippen LogP contribution in [-0.4, -0.2) is 45.5 Å². The molecule has 0 bridgehead atoms. The molecule has 4 aromatic rings. The Bertz CT molecular complexity index is 1190. The standard InChI is InChI=1S/C25H26ClN5O/c1-17(31-14-6-3-7-15-31)16-27-23-21-24(29-22(28-23)18-8-4-2-5-9-18)30-25(32-21)19-10-12-20(26)13-11-19/h2,4-5,8-13,17H,3,6-7,14-16H2,1H3,(H,27,28,29)/t17-/m1/s1. The number of hydrogen-bond donors (Lipinski definition) is 1. The lowest BCUT2D eigenvalue weighted by Gasteiger charge is -2.32. The van der Waals surface area contributed by atoms with Crippen molar-refractivity contribution in [3.8, 4) is 22.8 Å². The van der Waals surface area contributed by atoms with Gasteiger partial charge >= 0.3 is 0 Å². The molecule has 1 aliphatic rings. The van der Waals surface area contributed by atoms with Crippen LogP contribution >= 0.6 is 11.6 Å². The van der Waals surface area contributed by atoms with Gasteiger partial charge in [-0.05, 0) is 57.1 Å². The molecular weight excluding hydrogens is 422 g/mol. The topological polar surface area (TPSA) is 67.1 Å². The number of hydrogen-bond acceptors (Lipinski definition) is 6. The van der Waals surface area contributed by atoms with Gasteiger partial charge in [0, 0.05) is 28.7 Å². The minimum Gasteiger partial charge on any atom is -0.430 e. The highest BCUT2D eigenvalue weighted by Gasteiger charge is 2.20. The van der Waals surface area contributed by atoms with E-state index in [9.17, 15) is 0 Å². The predicted molar refractivity (Wildman–Crippen MR) is 129 cm³/mol. The fourth-order valence-corrected chi connectivity index (χ4v) is 4.23. The van der Waals surface area contributed by atoms with Crippen LogP contribution in [0.4, 0.5) is 5.82 Å². The van der Waals surface area contributed by atoms with Crippen LogP contribution in [0.2, 0.25) is 5.02 Å². The van der Waals surface area contributed by atoms with E-state index in [0.717, 1.165) is 30.8 Å². The summed E-state index contributed by atoms with van der Waals surface area (Å²) in [5.41, 5.74) is 2.90. The lowest BCUT2D eigenvalue weighted by molar-refractivity contribution is 0.180. The fourth-order valence-electron chi connectivity index (χ4n) is 4.11. The molecule has 7 heteroatoms. The number of benzene rings is 2. The van der Waals surface area contributed by atoms with Gasteiger partial charge in [0.25, 0.3) is 0 Å². The Morgan fingerprint density at radius 1 is 0.938 bits per heavy atom. The molecule has 0 unspecified atom stereocenters. The van der Waals surface area contributed by atoms with E-state index in [1.807, 2.05) is 54.6 Å². The second kappa shape index (κ2) is 9.27. The number of rotatable bonds is 6. The zero-order valence-electron chi connectivity index (χ0n) is 18.1. The summed E-state index contributed by atoms with van der Waals surface area (Å²) in [6.45, 7) is 5.34. The monoisotopic (exact) mass is 447 g/mol. The molecule has 32 heavy (non-hydrogen) atoms. The van der Waals surface area contributed by atoms with Gasteiger partial charge in [0.2, 0.25) is 17.1 Å². The van der Waals surface area contributed by atoms with E-state index >= 15 is 0 Å². The summed E-state index contributed by atoms with van der Waals surface area (Å²) >= 11 is 6.04. The van der Waals surface area contributed by atoms with Crippen molar-refractivity contribution >= 4 is 28.6 Å². The highest BCUT2D eigenvalue weighted by molar-refractivity contribution is 6.30. The SMILES string of the molecule is C[C@H](CNc1nc(-c2ccccc2)nc2nc(-c3ccc(Cl)cc3)oc12)N1CCCCC1. The maximum absolute atomic E-state index is 6.14. The molecular formula is C25H26ClN5O. The number of nitrogens with one attached hydrogen (secondary N) is 1. The smallest absolute Gasteiger partial charge is 0.229 e. The summed E-state index contributed by atoms with van der Waals surface area (Å²) in [4.78, 5) is 16.7. The van der Waals surface area contributed by atoms with Crippen molar-refractivity contribution in [3.63, 3.8) is 0 Å². The number of halogens is 1. The molecule has 2 aromatic heterocycles. The summed E-state index contributed by atoms with van der Waals surface area (Å²) in [5, 5.41) is 4.19. The van der Waals surface area contributed by atoms with Crippen LogP contribution in [0.1, 0.15) is 26.2 Å². The van der Waals surface area contributed by atoms with Gasteiger partial charge in [0.05, 0.1) is 0 Å². The third kappa shape index (κ3) is 4.47. The number of anilines is 1. The van der Waals surface area contributed by atoms with E-state index in [1.165, 1.54) is 19.3 Å². The zero-order chi connectivity index (χ0) is 21.9. The lowest BCUT2D eigenvalue weighted by Crippen LogP contribution is -2.41. The zero-order valence-corrected chi connectivity index (χ0v) is 18.8. The van der Waals surface area contributed by atoms with E-state index in [1.54, 1.807) is 0 Å². The van der Waals surface area contributed by atoms with Crippen LogP contribution in [0.25, 0.3) is 34.1 Å². The van der Waals surface area contributed by atoms with Gasteiger partial charge in [-0.2, -0.15) is 4.98 Å². The summed E-state index contributed by atoms with van der Waals surface area (Å²) in [6.07, 6.45) is 3.87. The number of oxazole rings is 1. The van der Waals surface area contributed by atoms with E-state index in [0.29, 0.717) is 39.8 Å². The minimum absolute atomic E-state index is 0.402. The Balaban J connectivity index is 1.50. The predicted octanol–water partition coefficient (Wildman–Crippen LogP) is 5.89. The molecule has 3 heterocycles. The van der Waals surface area contributed by atoms with Crippen LogP contribution in [0.3, 0.4) is 0 Å². The first-order valence-corrected chi connectivity index (χ1v) is 11.5. The Morgan fingerprint density at radius 3 is 2.44 bits per heavy atom. The molecule has 0 amide bonds. The first-order valence-electron chi connectivity index (χ1n) is 11.2. The molecule has 2 aromatic carbocycles. The average Bonchev–Trinajstić information content (AvgIpc) is 3.28. The molecule has 0 aliphatic carbocycles. The van der Waals surface area contributed by atoms with Gasteiger partial charge < -0.3 is 9.73 Å². The third-order valence-electron chi connectivity index (χ3n) is 5.96. The molecule has 164 valence electrons. The molecule has 1 aliphatic heterocycles. The largest absolute Gasteiger partial charge is 0.430 e. The van der Waals surface area contributed by atoms with Crippen molar-refractivity contribution in [3.05, 3.63) is 59.6 Å². The molecule has 0 radical (unpaired) electrons. The summed E-state index contributed by atoms with van der Waals surface area (Å²) in [6, 6.07) is 17.8. The molecule has 0 spiro atoms. The van der Waals surface area contributed by atoms with Crippen LogP contribution in [0, 0.1) is 0 Å². The van der Waals surface area contributed by atoms with Gasteiger partial charge in [0.1, 0.15) is 0 Å². The Morgan fingerprint density at radius 2 is 1.69 bits per heavy atom. The van der Waals surface area contributed by atoms with Crippen molar-refractivity contribution in [2.45, 2.75) is 32.2 Å². The average molecular weight is 448 g/mol. The highest BCUT2D eigenvalue weighted by Crippen LogP contribution is 2.30. The first kappa shape index (κ1) is 20.9. The van der Waals surface area contributed by atoms with E-state index < -0.39 is 0 Å². The number of likely N-dealkylation sites (tertiary alicyclic amines) is 1. The molecule has 1 atom stereocenters. The molecule has 6 nitrogen and oxygen atoms in total. The quantitative estimate of drug-likeness (QED) is 0.397. The Labute approximate surface area is 192 Å². The third-order valence-corrected chi connectivity index (χ3v) is 6.21. The fraction of sp³-hybridized carbons (Fsp3) is 0.320. The minimum atomic E-state index is 0.402. The van der Waals surface area contributed by atoms with Crippen molar-refractivity contribution in [2.75, 3.05) is 25.0 Å². The van der Waals surface area contributed by atoms with Crippen molar-refractivity contribution in [1.29, 1.82) is 0 Å². The molecule has 1 fully saturated rings. The van der Waals surface area contributed by atoms with E-state index in [-0.39, 0.29) is 0 Å². The van der Waals surface area contributed by atoms with E-state index in [4.69, 9.17) is 26.0 Å². The van der Waals surface area contributed by atoms with Crippen LogP contribution in [0.5, 0.6) is 0 Å². The second-order valence-corrected chi connectivity index (χ2v) is 8.70. The lowest BCUT2D eigenvalue weighted by atomic mass is 10.1. The first-order chi connectivity index (χ1) is 15.7. The van der Waals surface area contributed by atoms with Crippen molar-refractivity contribution < 1.29 is 4.42 Å². The number of aromatic nitrogens is 3.